The van der Waals surface area contributed by atoms with E-state index in [1.54, 1.807) is 12.5 Å². The lowest BCUT2D eigenvalue weighted by atomic mass is 10.2. The largest absolute Gasteiger partial charge is 0.494 e. The van der Waals surface area contributed by atoms with Gasteiger partial charge in [-0.05, 0) is 61.0 Å². The molecule has 0 aliphatic carbocycles. The lowest BCUT2D eigenvalue weighted by Crippen LogP contribution is -2.42. The molecule has 0 spiro atoms. The van der Waals surface area contributed by atoms with Gasteiger partial charge < -0.3 is 24.0 Å². The molecule has 1 amide bonds. The first-order chi connectivity index (χ1) is 17.0. The van der Waals surface area contributed by atoms with Crippen LogP contribution in [0.15, 0.2) is 43.0 Å². The molecule has 0 aliphatic rings. The molecule has 2 aromatic heterocycles. The van der Waals surface area contributed by atoms with E-state index in [9.17, 15) is 4.79 Å². The van der Waals surface area contributed by atoms with Gasteiger partial charge in [0.05, 0.1) is 18.5 Å². The second kappa shape index (κ2) is 12.1. The number of aromatic nitrogens is 3. The van der Waals surface area contributed by atoms with Crippen molar-refractivity contribution in [1.82, 2.24) is 14.1 Å². The summed E-state index contributed by atoms with van der Waals surface area (Å²) >= 11 is 0. The van der Waals surface area contributed by atoms with Crippen molar-refractivity contribution < 1.29 is 14.0 Å². The van der Waals surface area contributed by atoms with Crippen LogP contribution in [0.1, 0.15) is 82.9 Å². The van der Waals surface area contributed by atoms with Crippen LogP contribution in [0.3, 0.4) is 0 Å². The molecule has 0 unspecified atom stereocenters. The fourth-order valence-corrected chi connectivity index (χ4v) is 5.28. The predicted molar refractivity (Wildman–Crippen MR) is 149 cm³/mol. The van der Waals surface area contributed by atoms with E-state index in [0.29, 0.717) is 0 Å². The molecule has 3 aromatic rings. The summed E-state index contributed by atoms with van der Waals surface area (Å²) < 4.78 is 17.0. The van der Waals surface area contributed by atoms with Gasteiger partial charge in [0, 0.05) is 25.0 Å². The quantitative estimate of drug-likeness (QED) is 0.188. The van der Waals surface area contributed by atoms with Gasteiger partial charge in [-0.1, -0.05) is 47.0 Å². The van der Waals surface area contributed by atoms with Crippen LogP contribution >= 0.6 is 0 Å². The number of ether oxygens (including phenoxy) is 1. The fourth-order valence-electron chi connectivity index (χ4n) is 4.01. The van der Waals surface area contributed by atoms with Crippen molar-refractivity contribution in [2.75, 3.05) is 6.61 Å². The van der Waals surface area contributed by atoms with Crippen LogP contribution in [0.4, 0.5) is 0 Å². The first-order valence-corrected chi connectivity index (χ1v) is 16.2. The highest BCUT2D eigenvalue weighted by molar-refractivity contribution is 6.74. The smallest absolute Gasteiger partial charge is 0.268 e. The van der Waals surface area contributed by atoms with Crippen LogP contribution < -0.4 is 10.5 Å². The molecule has 7 nitrogen and oxygen atoms in total. The van der Waals surface area contributed by atoms with E-state index < -0.39 is 14.2 Å². The van der Waals surface area contributed by atoms with Crippen LogP contribution in [0.25, 0.3) is 10.9 Å². The number of amides is 1. The second-order valence-corrected chi connectivity index (χ2v) is 15.9. The minimum atomic E-state index is -2.05. The Bertz CT molecular complexity index is 1130. The molecule has 1 aromatic carbocycles. The number of unbranched alkanes of at least 4 members (excludes halogenated alkanes) is 3. The molecule has 0 fully saturated rings. The van der Waals surface area contributed by atoms with Gasteiger partial charge in [0.15, 0.2) is 8.32 Å². The van der Waals surface area contributed by atoms with Gasteiger partial charge in [0.1, 0.15) is 17.7 Å². The Kier molecular flexibility index (Phi) is 9.41. The average Bonchev–Trinajstić information content (AvgIpc) is 3.45. The molecule has 3 rings (SSSR count). The molecule has 2 N–H and O–H groups in total. The zero-order chi connectivity index (χ0) is 26.3. The number of fused-ring (bicyclic) bond motifs is 1. The number of hydrogen-bond acceptors (Lipinski definition) is 4. The molecule has 8 heteroatoms. The molecule has 0 aliphatic heterocycles. The van der Waals surface area contributed by atoms with E-state index in [0.717, 1.165) is 38.2 Å². The highest BCUT2D eigenvalue weighted by Crippen LogP contribution is 2.39. The summed E-state index contributed by atoms with van der Waals surface area (Å²) in [6.45, 7) is 15.0. The molecule has 1 atom stereocenters. The summed E-state index contributed by atoms with van der Waals surface area (Å²) in [4.78, 5) is 15.8. The molecular formula is C28H44N4O3Si. The molecule has 36 heavy (non-hydrogen) atoms. The van der Waals surface area contributed by atoms with Crippen LogP contribution in [-0.2, 0) is 11.0 Å². The van der Waals surface area contributed by atoms with Crippen molar-refractivity contribution in [1.29, 1.82) is 0 Å². The van der Waals surface area contributed by atoms with E-state index >= 15 is 0 Å². The third kappa shape index (κ3) is 7.23. The van der Waals surface area contributed by atoms with Crippen molar-refractivity contribution in [2.45, 2.75) is 97.1 Å². The normalized spacial score (nSPS) is 13.3. The lowest BCUT2D eigenvalue weighted by Gasteiger charge is -2.39. The first kappa shape index (κ1) is 28.0. The van der Waals surface area contributed by atoms with Gasteiger partial charge >= 0.3 is 0 Å². The number of hydrogen-bond donors (Lipinski definition) is 1. The summed E-state index contributed by atoms with van der Waals surface area (Å²) in [6, 6.07) is 8.49. The SMILES string of the molecule is CCCCCCOc1ccc2ccn(CCC[C@@H](O[Si](C)(C)C(C)(C)C)n3cnc(C(N)=O)c3)c2c1. The van der Waals surface area contributed by atoms with Crippen molar-refractivity contribution in [2.24, 2.45) is 5.73 Å². The molecular weight excluding hydrogens is 468 g/mol. The topological polar surface area (TPSA) is 84.3 Å². The third-order valence-electron chi connectivity index (χ3n) is 7.29. The Balaban J connectivity index is 1.69. The minimum Gasteiger partial charge on any atom is -0.494 e. The fraction of sp³-hybridized carbons (Fsp3) is 0.571. The van der Waals surface area contributed by atoms with Crippen molar-refractivity contribution >= 4 is 25.1 Å². The number of benzene rings is 1. The molecule has 0 bridgehead atoms. The van der Waals surface area contributed by atoms with Gasteiger partial charge in [0.2, 0.25) is 0 Å². The van der Waals surface area contributed by atoms with Gasteiger partial charge in [-0.15, -0.1) is 0 Å². The summed E-state index contributed by atoms with van der Waals surface area (Å²) in [5.74, 6) is 0.400. The van der Waals surface area contributed by atoms with E-state index in [4.69, 9.17) is 14.9 Å². The van der Waals surface area contributed by atoms with Crippen LogP contribution in [-0.4, -0.2) is 34.9 Å². The number of carbonyl (C=O) groups is 1. The Morgan fingerprint density at radius 1 is 1.14 bits per heavy atom. The predicted octanol–water partition coefficient (Wildman–Crippen LogP) is 6.90. The maximum Gasteiger partial charge on any atom is 0.268 e. The summed E-state index contributed by atoms with van der Waals surface area (Å²) in [7, 11) is -2.05. The monoisotopic (exact) mass is 512 g/mol. The van der Waals surface area contributed by atoms with Crippen LogP contribution in [0.2, 0.25) is 18.1 Å². The molecule has 2 heterocycles. The van der Waals surface area contributed by atoms with E-state index in [1.165, 1.54) is 30.2 Å². The van der Waals surface area contributed by atoms with Gasteiger partial charge in [-0.25, -0.2) is 4.98 Å². The van der Waals surface area contributed by atoms with Crippen molar-refractivity contribution in [3.63, 3.8) is 0 Å². The van der Waals surface area contributed by atoms with Crippen LogP contribution in [0.5, 0.6) is 5.75 Å². The number of imidazole rings is 1. The first-order valence-electron chi connectivity index (χ1n) is 13.2. The van der Waals surface area contributed by atoms with Crippen molar-refractivity contribution in [3.8, 4) is 5.75 Å². The van der Waals surface area contributed by atoms with E-state index in [-0.39, 0.29) is 17.0 Å². The van der Waals surface area contributed by atoms with Crippen molar-refractivity contribution in [3.05, 3.63) is 48.7 Å². The highest BCUT2D eigenvalue weighted by Gasteiger charge is 2.39. The summed E-state index contributed by atoms with van der Waals surface area (Å²) in [5, 5.41) is 1.28. The number of rotatable bonds is 14. The van der Waals surface area contributed by atoms with Gasteiger partial charge in [-0.3, -0.25) is 4.79 Å². The third-order valence-corrected chi connectivity index (χ3v) is 11.8. The van der Waals surface area contributed by atoms with Crippen LogP contribution in [0, 0.1) is 0 Å². The molecule has 198 valence electrons. The number of nitrogens with zero attached hydrogens (tertiary/aromatic N) is 3. The van der Waals surface area contributed by atoms with E-state index in [1.807, 2.05) is 4.57 Å². The molecule has 0 saturated heterocycles. The van der Waals surface area contributed by atoms with E-state index in [2.05, 4.69) is 80.8 Å². The van der Waals surface area contributed by atoms with Gasteiger partial charge in [-0.2, -0.15) is 0 Å². The maximum atomic E-state index is 11.6. The summed E-state index contributed by atoms with van der Waals surface area (Å²) in [6.07, 6.45) is 11.8. The lowest BCUT2D eigenvalue weighted by molar-refractivity contribution is 0.0984. The number of primary amides is 1. The zero-order valence-corrected chi connectivity index (χ0v) is 23.9. The number of carbonyl (C=O) groups excluding carboxylic acids is 1. The minimum absolute atomic E-state index is 0.0713. The number of aryl methyl sites for hydroxylation is 1. The Morgan fingerprint density at radius 2 is 1.92 bits per heavy atom. The summed E-state index contributed by atoms with van der Waals surface area (Å²) in [5.41, 5.74) is 6.89. The Morgan fingerprint density at radius 3 is 2.58 bits per heavy atom. The average molecular weight is 513 g/mol. The molecule has 0 saturated carbocycles. The molecule has 0 radical (unpaired) electrons. The Hall–Kier alpha value is -2.58. The standard InChI is InChI=1S/C28H44N4O3Si/c1-7-8-9-10-18-34-23-14-13-22-15-17-31(25(22)19-23)16-11-12-26(35-36(5,6)28(2,3)4)32-20-24(27(29)33)30-21-32/h13-15,17,19-21,26H,7-12,16,18H2,1-6H3,(H2,29,33)/t26-/m1/s1. The zero-order valence-electron chi connectivity index (χ0n) is 22.9. The highest BCUT2D eigenvalue weighted by atomic mass is 28.4. The Labute approximate surface area is 217 Å². The maximum absolute atomic E-state index is 11.6. The second-order valence-electron chi connectivity index (χ2n) is 11.2. The number of nitrogens with two attached hydrogens (primary N) is 1. The van der Waals surface area contributed by atoms with Gasteiger partial charge in [0.25, 0.3) is 5.91 Å².